The van der Waals surface area contributed by atoms with Crippen LogP contribution in [0.3, 0.4) is 0 Å². The van der Waals surface area contributed by atoms with Crippen LogP contribution in [0, 0.1) is 0 Å². The van der Waals surface area contributed by atoms with Crippen molar-refractivity contribution in [3.8, 4) is 22.6 Å². The van der Waals surface area contributed by atoms with E-state index in [-0.39, 0.29) is 24.0 Å². The van der Waals surface area contributed by atoms with Gasteiger partial charge < -0.3 is 25.4 Å². The first-order valence-corrected chi connectivity index (χ1v) is 10.7. The van der Waals surface area contributed by atoms with Gasteiger partial charge in [-0.15, -0.1) is 0 Å². The number of benzene rings is 3. The largest absolute Gasteiger partial charge is 0.491 e. The van der Waals surface area contributed by atoms with E-state index < -0.39 is 18.2 Å². The number of halogens is 2. The number of ketones is 1. The number of Topliss-reactive ketones (excluding diaryl/α,β-unsaturated/α-hetero) is 1. The summed E-state index contributed by atoms with van der Waals surface area (Å²) in [4.78, 5) is 13.0. The minimum atomic E-state index is -0.947. The molecule has 0 spiro atoms. The molecule has 1 aliphatic heterocycles. The third kappa shape index (κ3) is 4.60. The van der Waals surface area contributed by atoms with Gasteiger partial charge in [-0.25, -0.2) is 0 Å². The van der Waals surface area contributed by atoms with Crippen molar-refractivity contribution >= 4 is 29.0 Å². The third-order valence-electron chi connectivity index (χ3n) is 5.23. The van der Waals surface area contributed by atoms with Crippen LogP contribution in [0.4, 0.5) is 0 Å². The van der Waals surface area contributed by atoms with Crippen LogP contribution in [0.5, 0.6) is 11.5 Å². The normalized spacial score (nSPS) is 18.0. The molecule has 0 radical (unpaired) electrons. The predicted octanol–water partition coefficient (Wildman–Crippen LogP) is 4.04. The van der Waals surface area contributed by atoms with Gasteiger partial charge in [-0.2, -0.15) is 0 Å². The minimum Gasteiger partial charge on any atom is -0.491 e. The molecular weight excluding hydrogens is 453 g/mol. The number of rotatable bonds is 7. The first kappa shape index (κ1) is 22.6. The quantitative estimate of drug-likeness (QED) is 0.447. The van der Waals surface area contributed by atoms with Gasteiger partial charge in [0.15, 0.2) is 6.10 Å². The van der Waals surface area contributed by atoms with Crippen molar-refractivity contribution in [1.82, 2.24) is 0 Å². The molecule has 0 saturated carbocycles. The Labute approximate surface area is 195 Å². The number of nitrogens with two attached hydrogens (primary N) is 1. The molecule has 0 saturated heterocycles. The molecule has 3 aromatic carbocycles. The Morgan fingerprint density at radius 3 is 2.62 bits per heavy atom. The molecule has 0 bridgehead atoms. The number of carbonyl (C=O) groups is 1. The Morgan fingerprint density at radius 1 is 1.09 bits per heavy atom. The SMILES string of the molecule is NC1c2ccc(-c3cccc(OC[C@@H](O)CO)c3)cc2OC1C(=O)c1ccc(Cl)cc1Cl. The van der Waals surface area contributed by atoms with E-state index in [1.54, 1.807) is 18.2 Å². The molecule has 1 heterocycles. The van der Waals surface area contributed by atoms with Crippen molar-refractivity contribution in [3.63, 3.8) is 0 Å². The van der Waals surface area contributed by atoms with Crippen LogP contribution in [0.2, 0.25) is 10.0 Å². The maximum atomic E-state index is 13.0. The number of aliphatic hydroxyl groups is 2. The summed E-state index contributed by atoms with van der Waals surface area (Å²) in [6, 6.07) is 16.9. The van der Waals surface area contributed by atoms with Gasteiger partial charge in [-0.1, -0.05) is 47.5 Å². The van der Waals surface area contributed by atoms with E-state index in [1.807, 2.05) is 36.4 Å². The number of hydrogen-bond acceptors (Lipinski definition) is 6. The van der Waals surface area contributed by atoms with Crippen molar-refractivity contribution in [3.05, 3.63) is 81.8 Å². The van der Waals surface area contributed by atoms with Crippen LogP contribution in [-0.2, 0) is 0 Å². The highest BCUT2D eigenvalue weighted by molar-refractivity contribution is 6.37. The standard InChI is InChI=1S/C24H21Cl2NO5/c25-15-5-7-18(20(26)10-15)23(30)24-22(27)19-6-4-14(9-21(19)32-24)13-2-1-3-17(8-13)31-12-16(29)11-28/h1-10,16,22,24,28-29H,11-12,27H2/t16-,22?,24?/m0/s1. The molecular formula is C24H21Cl2NO5. The average molecular weight is 474 g/mol. The van der Waals surface area contributed by atoms with Crippen molar-refractivity contribution < 1.29 is 24.5 Å². The maximum Gasteiger partial charge on any atom is 0.206 e. The zero-order valence-corrected chi connectivity index (χ0v) is 18.4. The van der Waals surface area contributed by atoms with E-state index in [2.05, 4.69) is 0 Å². The van der Waals surface area contributed by atoms with E-state index >= 15 is 0 Å². The van der Waals surface area contributed by atoms with Crippen LogP contribution < -0.4 is 15.2 Å². The van der Waals surface area contributed by atoms with Crippen LogP contribution >= 0.6 is 23.2 Å². The zero-order chi connectivity index (χ0) is 22.8. The molecule has 2 unspecified atom stereocenters. The van der Waals surface area contributed by atoms with Gasteiger partial charge in [0, 0.05) is 16.1 Å². The summed E-state index contributed by atoms with van der Waals surface area (Å²) in [6.07, 6.45) is -1.84. The van der Waals surface area contributed by atoms with E-state index in [4.69, 9.17) is 43.5 Å². The second-order valence-electron chi connectivity index (χ2n) is 7.48. The first-order valence-electron chi connectivity index (χ1n) is 9.95. The van der Waals surface area contributed by atoms with Gasteiger partial charge >= 0.3 is 0 Å². The summed E-state index contributed by atoms with van der Waals surface area (Å²) in [5.74, 6) is 0.772. The fourth-order valence-electron chi connectivity index (χ4n) is 3.53. The summed E-state index contributed by atoms with van der Waals surface area (Å²) in [5.41, 5.74) is 9.07. The van der Waals surface area contributed by atoms with Gasteiger partial charge in [0.1, 0.15) is 24.2 Å². The van der Waals surface area contributed by atoms with Gasteiger partial charge in [0.05, 0.1) is 17.7 Å². The number of aliphatic hydroxyl groups excluding tert-OH is 2. The molecule has 0 fully saturated rings. The molecule has 0 amide bonds. The fraction of sp³-hybridized carbons (Fsp3) is 0.208. The lowest BCUT2D eigenvalue weighted by Gasteiger charge is -2.15. The highest BCUT2D eigenvalue weighted by Crippen LogP contribution is 2.40. The molecule has 0 aromatic heterocycles. The molecule has 6 nitrogen and oxygen atoms in total. The van der Waals surface area contributed by atoms with Crippen molar-refractivity contribution in [2.45, 2.75) is 18.2 Å². The molecule has 4 rings (SSSR count). The van der Waals surface area contributed by atoms with Crippen LogP contribution in [-0.4, -0.2) is 41.4 Å². The molecule has 8 heteroatoms. The summed E-state index contributed by atoms with van der Waals surface area (Å²) in [6.45, 7) is -0.387. The number of hydrogen-bond donors (Lipinski definition) is 3. The number of fused-ring (bicyclic) bond motifs is 1. The molecule has 32 heavy (non-hydrogen) atoms. The van der Waals surface area contributed by atoms with Crippen LogP contribution in [0.1, 0.15) is 22.0 Å². The summed E-state index contributed by atoms with van der Waals surface area (Å²) in [7, 11) is 0. The lowest BCUT2D eigenvalue weighted by Crippen LogP contribution is -2.33. The second-order valence-corrected chi connectivity index (χ2v) is 8.32. The highest BCUT2D eigenvalue weighted by atomic mass is 35.5. The number of carbonyl (C=O) groups excluding carboxylic acids is 1. The van der Waals surface area contributed by atoms with Gasteiger partial charge in [-0.3, -0.25) is 4.79 Å². The monoisotopic (exact) mass is 473 g/mol. The topological polar surface area (TPSA) is 102 Å². The van der Waals surface area contributed by atoms with E-state index in [0.29, 0.717) is 22.1 Å². The highest BCUT2D eigenvalue weighted by Gasteiger charge is 2.38. The van der Waals surface area contributed by atoms with Gasteiger partial charge in [-0.05, 0) is 47.5 Å². The van der Waals surface area contributed by atoms with Crippen molar-refractivity contribution in [2.75, 3.05) is 13.2 Å². The Balaban J connectivity index is 1.56. The smallest absolute Gasteiger partial charge is 0.206 e. The molecule has 166 valence electrons. The summed E-state index contributed by atoms with van der Waals surface area (Å²) in [5, 5.41) is 19.1. The average Bonchev–Trinajstić information content (AvgIpc) is 3.13. The van der Waals surface area contributed by atoms with Crippen molar-refractivity contribution in [2.24, 2.45) is 5.73 Å². The second kappa shape index (κ2) is 9.48. The van der Waals surface area contributed by atoms with Gasteiger partial charge in [0.25, 0.3) is 0 Å². The fourth-order valence-corrected chi connectivity index (χ4v) is 4.04. The number of ether oxygens (including phenoxy) is 2. The Hall–Kier alpha value is -2.61. The third-order valence-corrected chi connectivity index (χ3v) is 5.78. The van der Waals surface area contributed by atoms with Crippen LogP contribution in [0.15, 0.2) is 60.7 Å². The Bertz CT molecular complexity index is 1150. The molecule has 4 N–H and O–H groups in total. The van der Waals surface area contributed by atoms with E-state index in [1.165, 1.54) is 6.07 Å². The Kier molecular flexibility index (Phi) is 6.69. The van der Waals surface area contributed by atoms with Crippen molar-refractivity contribution in [1.29, 1.82) is 0 Å². The predicted molar refractivity (Wildman–Crippen MR) is 123 cm³/mol. The molecule has 3 atom stereocenters. The lowest BCUT2D eigenvalue weighted by molar-refractivity contribution is 0.0536. The van der Waals surface area contributed by atoms with Crippen LogP contribution in [0.25, 0.3) is 11.1 Å². The summed E-state index contributed by atoms with van der Waals surface area (Å²) < 4.78 is 11.5. The maximum absolute atomic E-state index is 13.0. The van der Waals surface area contributed by atoms with E-state index in [9.17, 15) is 9.90 Å². The summed E-state index contributed by atoms with van der Waals surface area (Å²) >= 11 is 12.1. The zero-order valence-electron chi connectivity index (χ0n) is 16.9. The first-order chi connectivity index (χ1) is 15.4. The lowest BCUT2D eigenvalue weighted by atomic mass is 9.96. The van der Waals surface area contributed by atoms with Gasteiger partial charge in [0.2, 0.25) is 5.78 Å². The van der Waals surface area contributed by atoms with E-state index in [0.717, 1.165) is 16.7 Å². The molecule has 1 aliphatic rings. The Morgan fingerprint density at radius 2 is 1.88 bits per heavy atom. The molecule has 3 aromatic rings. The minimum absolute atomic E-state index is 0.0147. The molecule has 0 aliphatic carbocycles.